The first-order valence-corrected chi connectivity index (χ1v) is 13.9. The van der Waals surface area contributed by atoms with Crippen molar-refractivity contribution in [2.45, 2.75) is 58.4 Å². The molecule has 216 valence electrons. The van der Waals surface area contributed by atoms with Gasteiger partial charge in [0.05, 0.1) is 17.0 Å². The number of hydrogen-bond acceptors (Lipinski definition) is 8. The number of rotatable bonds is 7. The van der Waals surface area contributed by atoms with E-state index in [1.807, 2.05) is 33.0 Å². The second-order valence-electron chi connectivity index (χ2n) is 10.9. The van der Waals surface area contributed by atoms with Gasteiger partial charge < -0.3 is 15.5 Å². The zero-order valence-electron chi connectivity index (χ0n) is 22.6. The van der Waals surface area contributed by atoms with Gasteiger partial charge in [0, 0.05) is 36.4 Å². The number of aliphatic hydroxyl groups is 1. The second-order valence-corrected chi connectivity index (χ2v) is 12.0. The van der Waals surface area contributed by atoms with Crippen LogP contribution in [0.4, 0.5) is 24.8 Å². The summed E-state index contributed by atoms with van der Waals surface area (Å²) in [6, 6.07) is 6.25. The Morgan fingerprint density at radius 3 is 2.59 bits per heavy atom. The maximum Gasteiger partial charge on any atom is 0.433 e. The fraction of sp³-hybridized carbons (Fsp3) is 0.393. The molecule has 0 spiro atoms. The molecule has 13 heteroatoms. The minimum Gasteiger partial charge on any atom is -0.481 e. The number of nitrogens with one attached hydrogen (secondary N) is 1. The van der Waals surface area contributed by atoms with Crippen LogP contribution in [0.25, 0.3) is 21.6 Å². The minimum atomic E-state index is -4.61. The Labute approximate surface area is 238 Å². The third-order valence-corrected chi connectivity index (χ3v) is 8.69. The second kappa shape index (κ2) is 10.5. The number of carboxylic acids is 1. The number of alkyl halides is 3. The number of benzene rings is 1. The molecular formula is C28H29F3N6O3S. The molecule has 0 radical (unpaired) electrons. The fourth-order valence-corrected chi connectivity index (χ4v) is 6.42. The standard InChI is InChI=1S/C28H29F3N6O3S/c1-4-37-14-18(12-34-37)16-9-17(11-19(10-16)35-25-32-8-6-22(36-25)28(29,30)31)21-13-33-24(41-21)27(40)7-5-20(23(38)39)26(2,3)15-27/h6,8-14,20,40H,4-5,7,15H2,1-3H3,(H,38,39)(H,32,35,36). The highest BCUT2D eigenvalue weighted by atomic mass is 32.1. The Hall–Kier alpha value is -3.84. The number of aromatic nitrogens is 5. The lowest BCUT2D eigenvalue weighted by Crippen LogP contribution is -2.44. The van der Waals surface area contributed by atoms with Crippen LogP contribution >= 0.6 is 11.3 Å². The lowest BCUT2D eigenvalue weighted by Gasteiger charge is -2.44. The Kier molecular flexibility index (Phi) is 7.36. The molecule has 1 aliphatic carbocycles. The first kappa shape index (κ1) is 28.7. The number of thiazole rings is 1. The molecule has 3 N–H and O–H groups in total. The van der Waals surface area contributed by atoms with Gasteiger partial charge in [-0.05, 0) is 67.0 Å². The van der Waals surface area contributed by atoms with Gasteiger partial charge in [-0.2, -0.15) is 18.3 Å². The highest BCUT2D eigenvalue weighted by molar-refractivity contribution is 7.15. The fourth-order valence-electron chi connectivity index (χ4n) is 5.40. The summed E-state index contributed by atoms with van der Waals surface area (Å²) in [4.78, 5) is 24.6. The summed E-state index contributed by atoms with van der Waals surface area (Å²) < 4.78 is 41.4. The van der Waals surface area contributed by atoms with E-state index in [4.69, 9.17) is 0 Å². The van der Waals surface area contributed by atoms with Crippen molar-refractivity contribution in [3.8, 4) is 21.6 Å². The van der Waals surface area contributed by atoms with Crippen LogP contribution in [0.1, 0.15) is 50.7 Å². The Morgan fingerprint density at radius 2 is 1.93 bits per heavy atom. The van der Waals surface area contributed by atoms with Gasteiger partial charge in [0.1, 0.15) is 16.3 Å². The SMILES string of the molecule is CCn1cc(-c2cc(Nc3nccc(C(F)(F)F)n3)cc(-c3cnc(C4(O)CCC(C(=O)O)C(C)(C)C4)s3)c2)cn1. The molecule has 41 heavy (non-hydrogen) atoms. The number of aliphatic carboxylic acids is 1. The van der Waals surface area contributed by atoms with Gasteiger partial charge in [-0.3, -0.25) is 9.48 Å². The highest BCUT2D eigenvalue weighted by Crippen LogP contribution is 2.51. The van der Waals surface area contributed by atoms with E-state index in [1.165, 1.54) is 11.3 Å². The predicted molar refractivity (Wildman–Crippen MR) is 147 cm³/mol. The molecule has 5 rings (SSSR count). The molecule has 2 atom stereocenters. The van der Waals surface area contributed by atoms with Crippen molar-refractivity contribution in [3.05, 3.63) is 59.8 Å². The quantitative estimate of drug-likeness (QED) is 0.229. The topological polar surface area (TPSA) is 126 Å². The van der Waals surface area contributed by atoms with Crippen molar-refractivity contribution in [1.82, 2.24) is 24.7 Å². The smallest absolute Gasteiger partial charge is 0.433 e. The number of anilines is 2. The molecular weight excluding hydrogens is 557 g/mol. The van der Waals surface area contributed by atoms with Gasteiger partial charge in [-0.1, -0.05) is 13.8 Å². The maximum absolute atomic E-state index is 13.2. The van der Waals surface area contributed by atoms with Crippen molar-refractivity contribution < 1.29 is 28.2 Å². The number of hydrogen-bond donors (Lipinski definition) is 3. The number of carbonyl (C=O) groups is 1. The average molecular weight is 587 g/mol. The summed E-state index contributed by atoms with van der Waals surface area (Å²) in [6.45, 7) is 6.31. The van der Waals surface area contributed by atoms with E-state index in [2.05, 4.69) is 25.4 Å². The first-order chi connectivity index (χ1) is 19.3. The van der Waals surface area contributed by atoms with E-state index >= 15 is 0 Å². The van der Waals surface area contributed by atoms with E-state index in [0.717, 1.165) is 28.3 Å². The molecule has 1 aromatic carbocycles. The van der Waals surface area contributed by atoms with E-state index in [9.17, 15) is 28.2 Å². The van der Waals surface area contributed by atoms with Crippen molar-refractivity contribution >= 4 is 28.9 Å². The Bertz CT molecular complexity index is 1580. The third kappa shape index (κ3) is 5.96. The van der Waals surface area contributed by atoms with Crippen LogP contribution in [0, 0.1) is 11.3 Å². The largest absolute Gasteiger partial charge is 0.481 e. The highest BCUT2D eigenvalue weighted by Gasteiger charge is 2.49. The summed E-state index contributed by atoms with van der Waals surface area (Å²) >= 11 is 1.30. The molecule has 1 saturated carbocycles. The number of carboxylic acid groups (broad SMARTS) is 1. The lowest BCUT2D eigenvalue weighted by atomic mass is 9.63. The van der Waals surface area contributed by atoms with E-state index < -0.39 is 34.8 Å². The third-order valence-electron chi connectivity index (χ3n) is 7.45. The Morgan fingerprint density at radius 1 is 1.17 bits per heavy atom. The van der Waals surface area contributed by atoms with Gasteiger partial charge in [0.15, 0.2) is 0 Å². The van der Waals surface area contributed by atoms with E-state index in [1.54, 1.807) is 29.2 Å². The van der Waals surface area contributed by atoms with E-state index in [0.29, 0.717) is 29.2 Å². The van der Waals surface area contributed by atoms with Gasteiger partial charge in [0.2, 0.25) is 5.95 Å². The van der Waals surface area contributed by atoms with Crippen LogP contribution in [0.15, 0.2) is 49.1 Å². The van der Waals surface area contributed by atoms with Crippen LogP contribution in [0.5, 0.6) is 0 Å². The van der Waals surface area contributed by atoms with Crippen molar-refractivity contribution in [2.24, 2.45) is 11.3 Å². The average Bonchev–Trinajstić information content (AvgIpc) is 3.58. The Balaban J connectivity index is 1.51. The molecule has 9 nitrogen and oxygen atoms in total. The van der Waals surface area contributed by atoms with Crippen molar-refractivity contribution in [3.63, 3.8) is 0 Å². The summed E-state index contributed by atoms with van der Waals surface area (Å²) in [5.74, 6) is -1.64. The molecule has 0 saturated heterocycles. The summed E-state index contributed by atoms with van der Waals surface area (Å²) in [7, 11) is 0. The van der Waals surface area contributed by atoms with Gasteiger partial charge in [-0.15, -0.1) is 11.3 Å². The van der Waals surface area contributed by atoms with E-state index in [-0.39, 0.29) is 18.8 Å². The molecule has 4 aromatic rings. The number of halogens is 3. The number of nitrogens with zero attached hydrogens (tertiary/aromatic N) is 5. The molecule has 0 amide bonds. The first-order valence-electron chi connectivity index (χ1n) is 13.0. The van der Waals surface area contributed by atoms with Crippen LogP contribution in [0.2, 0.25) is 0 Å². The van der Waals surface area contributed by atoms with Crippen LogP contribution in [-0.4, -0.2) is 40.9 Å². The predicted octanol–water partition coefficient (Wildman–Crippen LogP) is 6.34. The monoisotopic (exact) mass is 586 g/mol. The molecule has 0 aliphatic heterocycles. The number of aryl methyl sites for hydroxylation is 1. The van der Waals surface area contributed by atoms with Crippen LogP contribution in [-0.2, 0) is 23.1 Å². The van der Waals surface area contributed by atoms with Gasteiger partial charge in [-0.25, -0.2) is 15.0 Å². The molecule has 2 unspecified atom stereocenters. The van der Waals surface area contributed by atoms with Gasteiger partial charge >= 0.3 is 12.1 Å². The lowest BCUT2D eigenvalue weighted by molar-refractivity contribution is -0.154. The summed E-state index contributed by atoms with van der Waals surface area (Å²) in [6.07, 6.45) is 2.51. The van der Waals surface area contributed by atoms with Gasteiger partial charge in [0.25, 0.3) is 0 Å². The van der Waals surface area contributed by atoms with Crippen LogP contribution < -0.4 is 5.32 Å². The van der Waals surface area contributed by atoms with Crippen molar-refractivity contribution in [2.75, 3.05) is 5.32 Å². The summed E-state index contributed by atoms with van der Waals surface area (Å²) in [5, 5.41) is 28.9. The molecule has 3 heterocycles. The normalized spacial score (nSPS) is 20.6. The zero-order valence-corrected chi connectivity index (χ0v) is 23.4. The molecule has 1 aliphatic rings. The van der Waals surface area contributed by atoms with Crippen LogP contribution in [0.3, 0.4) is 0 Å². The zero-order chi connectivity index (χ0) is 29.6. The molecule has 1 fully saturated rings. The molecule has 3 aromatic heterocycles. The molecule has 0 bridgehead atoms. The summed E-state index contributed by atoms with van der Waals surface area (Å²) in [5.41, 5.74) is -0.231. The maximum atomic E-state index is 13.2. The minimum absolute atomic E-state index is 0.205. The van der Waals surface area contributed by atoms with Crippen molar-refractivity contribution in [1.29, 1.82) is 0 Å².